The van der Waals surface area contributed by atoms with E-state index in [9.17, 15) is 9.32 Å². The molecule has 8 nitrogen and oxygen atoms in total. The molecule has 1 saturated heterocycles. The molecule has 4 heterocycles. The van der Waals surface area contributed by atoms with E-state index in [1.807, 2.05) is 36.4 Å². The van der Waals surface area contributed by atoms with Gasteiger partial charge < -0.3 is 10.1 Å². The second kappa shape index (κ2) is 7.85. The van der Waals surface area contributed by atoms with Crippen LogP contribution in [0.3, 0.4) is 0 Å². The number of morpholine rings is 1. The van der Waals surface area contributed by atoms with Gasteiger partial charge in [-0.05, 0) is 30.3 Å². The van der Waals surface area contributed by atoms with Gasteiger partial charge in [0, 0.05) is 36.1 Å². The number of carbonyl (C=O) groups excluding carboxylic acids is 1. The van der Waals surface area contributed by atoms with Crippen molar-refractivity contribution in [3.63, 3.8) is 0 Å². The number of benzene rings is 1. The molecule has 1 N–H and O–H groups in total. The minimum absolute atomic E-state index is 0.0519. The van der Waals surface area contributed by atoms with Crippen LogP contribution < -0.4 is 5.32 Å². The van der Waals surface area contributed by atoms with Gasteiger partial charge >= 0.3 is 5.97 Å². The number of halogens is 1. The van der Waals surface area contributed by atoms with Crippen LogP contribution in [-0.2, 0) is 9.68 Å². The molecule has 154 valence electrons. The van der Waals surface area contributed by atoms with E-state index in [1.165, 1.54) is 0 Å². The van der Waals surface area contributed by atoms with Crippen molar-refractivity contribution < 1.29 is 19.0 Å². The van der Waals surface area contributed by atoms with Crippen LogP contribution in [0, 0.1) is 0 Å². The summed E-state index contributed by atoms with van der Waals surface area (Å²) >= 11 is 0. The molecule has 0 amide bonds. The number of fused-ring (bicyclic) bond motifs is 5. The van der Waals surface area contributed by atoms with Crippen LogP contribution in [0.25, 0.3) is 27.7 Å². The number of nitrogens with zero attached hydrogens (tertiary/aromatic N) is 4. The summed E-state index contributed by atoms with van der Waals surface area (Å²) < 4.78 is 19.8. The lowest BCUT2D eigenvalue weighted by Crippen LogP contribution is -2.39. The number of hydrogen-bond donors (Lipinski definition) is 1. The van der Waals surface area contributed by atoms with Gasteiger partial charge in [0.25, 0.3) is 0 Å². The van der Waals surface area contributed by atoms with E-state index in [4.69, 9.17) is 9.72 Å². The predicted octanol–water partition coefficient (Wildman–Crippen LogP) is 2.82. The third kappa shape index (κ3) is 3.31. The molecule has 0 radical (unpaired) electrons. The molecule has 0 atom stereocenters. The summed E-state index contributed by atoms with van der Waals surface area (Å²) in [5.74, 6) is -0.361. The predicted molar refractivity (Wildman–Crippen MR) is 110 cm³/mol. The van der Waals surface area contributed by atoms with Crippen LogP contribution in [0.4, 0.5) is 10.3 Å². The van der Waals surface area contributed by atoms with Gasteiger partial charge in [0.1, 0.15) is 17.0 Å². The maximum Gasteiger partial charge on any atom is 0.383 e. The normalized spacial score (nSPS) is 15.1. The largest absolute Gasteiger partial charge is 0.383 e. The molecule has 5 rings (SSSR count). The van der Waals surface area contributed by atoms with Crippen molar-refractivity contribution in [1.29, 1.82) is 0 Å². The zero-order chi connectivity index (χ0) is 20.5. The third-order valence-corrected chi connectivity index (χ3v) is 5.35. The lowest BCUT2D eigenvalue weighted by Gasteiger charge is -2.26. The Labute approximate surface area is 171 Å². The van der Waals surface area contributed by atoms with E-state index < -0.39 is 5.97 Å². The minimum atomic E-state index is -1.08. The van der Waals surface area contributed by atoms with Crippen molar-refractivity contribution in [2.45, 2.75) is 0 Å². The smallest absolute Gasteiger partial charge is 0.379 e. The van der Waals surface area contributed by atoms with Crippen molar-refractivity contribution in [2.75, 3.05) is 44.7 Å². The Hall–Kier alpha value is -3.30. The first-order valence-electron chi connectivity index (χ1n) is 9.82. The van der Waals surface area contributed by atoms with Gasteiger partial charge in [-0.2, -0.15) is 0 Å². The number of rotatable bonds is 5. The Balaban J connectivity index is 1.55. The van der Waals surface area contributed by atoms with E-state index in [2.05, 4.69) is 20.1 Å². The first-order chi connectivity index (χ1) is 14.7. The highest BCUT2D eigenvalue weighted by molar-refractivity contribution is 6.03. The molecular formula is C21H20FN5O3. The van der Waals surface area contributed by atoms with Crippen LogP contribution in [0.15, 0.2) is 42.5 Å². The number of pyridine rings is 2. The number of nitrogens with one attached hydrogen (secondary N) is 1. The van der Waals surface area contributed by atoms with Crippen molar-refractivity contribution in [3.05, 3.63) is 48.0 Å². The van der Waals surface area contributed by atoms with Crippen LogP contribution in [0.2, 0.25) is 0 Å². The Morgan fingerprint density at radius 1 is 1.13 bits per heavy atom. The fraction of sp³-hybridized carbons (Fsp3) is 0.286. The highest BCUT2D eigenvalue weighted by atomic mass is 19.3. The van der Waals surface area contributed by atoms with Crippen molar-refractivity contribution in [2.24, 2.45) is 0 Å². The van der Waals surface area contributed by atoms with Gasteiger partial charge in [0.2, 0.25) is 0 Å². The molecule has 4 aromatic rings. The highest BCUT2D eigenvalue weighted by Gasteiger charge is 2.20. The van der Waals surface area contributed by atoms with E-state index in [0.717, 1.165) is 50.7 Å². The number of para-hydroxylation sites is 2. The molecule has 30 heavy (non-hydrogen) atoms. The fourth-order valence-corrected chi connectivity index (χ4v) is 3.85. The Bertz CT molecular complexity index is 1240. The summed E-state index contributed by atoms with van der Waals surface area (Å²) in [5, 5.41) is 4.04. The molecule has 0 saturated carbocycles. The molecule has 0 spiro atoms. The zero-order valence-corrected chi connectivity index (χ0v) is 16.2. The van der Waals surface area contributed by atoms with Crippen molar-refractivity contribution >= 4 is 39.5 Å². The molecule has 9 heteroatoms. The van der Waals surface area contributed by atoms with Crippen molar-refractivity contribution in [3.8, 4) is 0 Å². The average molecular weight is 409 g/mol. The summed E-state index contributed by atoms with van der Waals surface area (Å²) in [4.78, 5) is 27.1. The first-order valence-corrected chi connectivity index (χ1v) is 9.82. The minimum Gasteiger partial charge on any atom is -0.379 e. The van der Waals surface area contributed by atoms with Gasteiger partial charge in [-0.1, -0.05) is 12.1 Å². The SMILES string of the molecule is O=C(OF)c1cc2ccc(NCCN3CCOCC3)nc2n2c1nc1ccccc12. The summed E-state index contributed by atoms with van der Waals surface area (Å²) in [6.45, 7) is 5.04. The molecule has 1 aliphatic heterocycles. The maximum atomic E-state index is 12.7. The molecule has 1 fully saturated rings. The van der Waals surface area contributed by atoms with Gasteiger partial charge in [0.15, 0.2) is 5.65 Å². The molecule has 3 aromatic heterocycles. The lowest BCUT2D eigenvalue weighted by atomic mass is 10.2. The quantitative estimate of drug-likeness (QED) is 0.543. The van der Waals surface area contributed by atoms with E-state index in [0.29, 0.717) is 22.2 Å². The number of carbonyl (C=O) groups is 1. The lowest BCUT2D eigenvalue weighted by molar-refractivity contribution is -0.0786. The second-order valence-corrected chi connectivity index (χ2v) is 7.17. The van der Waals surface area contributed by atoms with Crippen LogP contribution in [0.5, 0.6) is 0 Å². The molecule has 1 aromatic carbocycles. The maximum absolute atomic E-state index is 12.7. The Kier molecular flexibility index (Phi) is 4.89. The summed E-state index contributed by atoms with van der Waals surface area (Å²) in [7, 11) is 0. The topological polar surface area (TPSA) is 81.0 Å². The fourth-order valence-electron chi connectivity index (χ4n) is 3.85. The van der Waals surface area contributed by atoms with Gasteiger partial charge in [-0.3, -0.25) is 9.30 Å². The monoisotopic (exact) mass is 409 g/mol. The molecule has 1 aliphatic rings. The van der Waals surface area contributed by atoms with Crippen LogP contribution >= 0.6 is 0 Å². The van der Waals surface area contributed by atoms with E-state index in [1.54, 1.807) is 10.5 Å². The molecule has 0 aliphatic carbocycles. The van der Waals surface area contributed by atoms with Gasteiger partial charge in [-0.25, -0.2) is 19.7 Å². The second-order valence-electron chi connectivity index (χ2n) is 7.17. The summed E-state index contributed by atoms with van der Waals surface area (Å²) in [6, 6.07) is 12.7. The number of ether oxygens (including phenoxy) is 1. The summed E-state index contributed by atoms with van der Waals surface area (Å²) in [5.41, 5.74) is 2.46. The Morgan fingerprint density at radius 2 is 1.97 bits per heavy atom. The van der Waals surface area contributed by atoms with Crippen LogP contribution in [0.1, 0.15) is 10.4 Å². The molecule has 0 bridgehead atoms. The van der Waals surface area contributed by atoms with Gasteiger partial charge in [0.05, 0.1) is 24.2 Å². The number of anilines is 1. The zero-order valence-electron chi connectivity index (χ0n) is 16.2. The Morgan fingerprint density at radius 3 is 2.80 bits per heavy atom. The molecule has 0 unspecified atom stereocenters. The highest BCUT2D eigenvalue weighted by Crippen LogP contribution is 2.27. The standard InChI is InChI=1S/C21H20FN5O3/c22-30-21(28)15-13-14-5-6-18(23-7-8-26-9-11-29-12-10-26)25-19(14)27-17-4-2-1-3-16(17)24-20(15)27/h1-6,13H,7-12H2,(H,23,25). The van der Waals surface area contributed by atoms with E-state index >= 15 is 0 Å². The van der Waals surface area contributed by atoms with E-state index in [-0.39, 0.29) is 5.56 Å². The average Bonchev–Trinajstić information content (AvgIpc) is 3.19. The van der Waals surface area contributed by atoms with Gasteiger partial charge in [-0.15, -0.1) is 0 Å². The third-order valence-electron chi connectivity index (χ3n) is 5.35. The van der Waals surface area contributed by atoms with Crippen molar-refractivity contribution in [1.82, 2.24) is 19.3 Å². The number of aromatic nitrogens is 3. The first kappa shape index (κ1) is 18.7. The summed E-state index contributed by atoms with van der Waals surface area (Å²) in [6.07, 6.45) is 0. The number of imidazole rings is 1. The van der Waals surface area contributed by atoms with Crippen LogP contribution in [-0.4, -0.2) is 64.6 Å². The number of hydrogen-bond acceptors (Lipinski definition) is 7. The molecular weight excluding hydrogens is 389 g/mol.